The third kappa shape index (κ3) is 6.38. The lowest BCUT2D eigenvalue weighted by Crippen LogP contribution is -2.37. The van der Waals surface area contributed by atoms with Crippen LogP contribution < -0.4 is 20.5 Å². The Labute approximate surface area is 184 Å². The van der Waals surface area contributed by atoms with Crippen molar-refractivity contribution in [3.8, 4) is 11.5 Å². The van der Waals surface area contributed by atoms with Gasteiger partial charge in [0.05, 0.1) is 13.7 Å². The molecule has 2 aromatic rings. The molecule has 0 saturated carbocycles. The van der Waals surface area contributed by atoms with E-state index >= 15 is 0 Å². The Hall–Kier alpha value is -2.32. The maximum atomic E-state index is 12.1. The van der Waals surface area contributed by atoms with Crippen LogP contribution in [0.25, 0.3) is 0 Å². The van der Waals surface area contributed by atoms with Crippen molar-refractivity contribution in [2.75, 3.05) is 13.7 Å². The molecule has 33 heavy (non-hydrogen) atoms. The number of benzene rings is 1. The van der Waals surface area contributed by atoms with Crippen molar-refractivity contribution in [2.24, 2.45) is 0 Å². The third-order valence-electron chi connectivity index (χ3n) is 4.35. The summed E-state index contributed by atoms with van der Waals surface area (Å²) >= 11 is 0. The highest BCUT2D eigenvalue weighted by atomic mass is 31.3. The first kappa shape index (κ1) is 25.3. The number of hydrogen-bond donors (Lipinski definition) is 5. The van der Waals surface area contributed by atoms with Crippen LogP contribution >= 0.6 is 15.6 Å². The van der Waals surface area contributed by atoms with E-state index < -0.39 is 58.0 Å². The fourth-order valence-electron chi connectivity index (χ4n) is 2.83. The number of H-pyrrole nitrogens is 1. The molecule has 0 radical (unpaired) electrons. The van der Waals surface area contributed by atoms with Crippen LogP contribution in [-0.2, 0) is 22.7 Å². The summed E-state index contributed by atoms with van der Waals surface area (Å²) in [6.07, 6.45) is -5.26. The second-order valence-electron chi connectivity index (χ2n) is 6.65. The Morgan fingerprint density at radius 1 is 1.03 bits per heavy atom. The van der Waals surface area contributed by atoms with Gasteiger partial charge < -0.3 is 29.1 Å². The molecular formula is C16H20N2O13P2. The molecule has 182 valence electrons. The zero-order valence-electron chi connectivity index (χ0n) is 16.8. The van der Waals surface area contributed by atoms with Crippen molar-refractivity contribution in [1.82, 2.24) is 9.55 Å². The number of aliphatic hydroxyl groups is 2. The number of ether oxygens (including phenoxy) is 2. The van der Waals surface area contributed by atoms with Gasteiger partial charge in [-0.25, -0.2) is 13.9 Å². The number of aromatic nitrogens is 2. The fraction of sp³-hybridized carbons (Fsp3) is 0.375. The molecule has 1 aliphatic heterocycles. The minimum absolute atomic E-state index is 0.173. The van der Waals surface area contributed by atoms with E-state index in [2.05, 4.69) is 13.4 Å². The van der Waals surface area contributed by atoms with Gasteiger partial charge in [-0.3, -0.25) is 23.8 Å². The first-order valence-electron chi connectivity index (χ1n) is 9.09. The molecule has 3 rings (SSSR count). The molecule has 5 N–H and O–H groups in total. The van der Waals surface area contributed by atoms with Crippen LogP contribution in [0.15, 0.2) is 46.1 Å². The fourth-order valence-corrected chi connectivity index (χ4v) is 4.92. The number of phosphoric acid groups is 2. The van der Waals surface area contributed by atoms with Gasteiger partial charge in [0, 0.05) is 12.3 Å². The average Bonchev–Trinajstić information content (AvgIpc) is 3.00. The van der Waals surface area contributed by atoms with Gasteiger partial charge in [0.15, 0.2) is 6.23 Å². The van der Waals surface area contributed by atoms with Crippen LogP contribution in [0, 0.1) is 0 Å². The predicted octanol–water partition coefficient (Wildman–Crippen LogP) is -0.523. The average molecular weight is 510 g/mol. The molecule has 0 bridgehead atoms. The van der Waals surface area contributed by atoms with Crippen molar-refractivity contribution in [1.29, 1.82) is 0 Å². The summed E-state index contributed by atoms with van der Waals surface area (Å²) in [7, 11) is -8.95. The Morgan fingerprint density at radius 3 is 2.27 bits per heavy atom. The summed E-state index contributed by atoms with van der Waals surface area (Å²) in [6.45, 7) is -0.886. The van der Waals surface area contributed by atoms with E-state index in [0.717, 1.165) is 16.8 Å². The van der Waals surface area contributed by atoms with Crippen molar-refractivity contribution >= 4 is 15.6 Å². The van der Waals surface area contributed by atoms with Crippen LogP contribution in [0.4, 0.5) is 0 Å². The highest BCUT2D eigenvalue weighted by Crippen LogP contribution is 2.60. The van der Waals surface area contributed by atoms with E-state index in [9.17, 15) is 38.7 Å². The molecule has 1 aliphatic rings. The molecule has 1 aromatic carbocycles. The van der Waals surface area contributed by atoms with Crippen molar-refractivity contribution in [2.45, 2.75) is 24.5 Å². The largest absolute Gasteiger partial charge is 0.536 e. The van der Waals surface area contributed by atoms with E-state index in [4.69, 9.17) is 9.47 Å². The van der Waals surface area contributed by atoms with Gasteiger partial charge in [-0.05, 0) is 24.3 Å². The molecular weight excluding hydrogens is 490 g/mol. The number of phosphoric ester groups is 2. The summed E-state index contributed by atoms with van der Waals surface area (Å²) < 4.78 is 48.6. The highest BCUT2D eigenvalue weighted by molar-refractivity contribution is 7.61. The van der Waals surface area contributed by atoms with Crippen LogP contribution in [0.1, 0.15) is 6.23 Å². The Morgan fingerprint density at radius 2 is 1.67 bits per heavy atom. The van der Waals surface area contributed by atoms with Gasteiger partial charge in [0.25, 0.3) is 5.56 Å². The summed E-state index contributed by atoms with van der Waals surface area (Å²) in [4.78, 5) is 44.5. The maximum Gasteiger partial charge on any atom is 0.536 e. The van der Waals surface area contributed by atoms with E-state index in [1.807, 2.05) is 4.98 Å². The van der Waals surface area contributed by atoms with Crippen LogP contribution in [0.2, 0.25) is 0 Å². The van der Waals surface area contributed by atoms with Crippen molar-refractivity contribution < 1.29 is 52.0 Å². The number of aromatic amines is 1. The van der Waals surface area contributed by atoms with Gasteiger partial charge >= 0.3 is 21.3 Å². The van der Waals surface area contributed by atoms with E-state index in [1.54, 1.807) is 0 Å². The number of nitrogens with one attached hydrogen (secondary N) is 1. The number of methoxy groups -OCH3 is 1. The standard InChI is InChI=1S/C16H20N2O13P2/c1-27-9-2-4-10(5-3-9)30-33(25,26)31-32(23,24)28-8-11-13(20)14(21)15(29-11)18-7-6-12(19)17-16(18)22/h2-7,11,13-15,20-21H,8H2,1H3,(H,23,24)(H,25,26)(H,17,19,22)/t11-,13-,14-,15-/m1/s1. The molecule has 2 heterocycles. The van der Waals surface area contributed by atoms with Gasteiger partial charge in [0.1, 0.15) is 29.8 Å². The van der Waals surface area contributed by atoms with Gasteiger partial charge in [-0.1, -0.05) is 0 Å². The van der Waals surface area contributed by atoms with Crippen LogP contribution in [0.5, 0.6) is 11.5 Å². The SMILES string of the molecule is COc1ccc(OP(=O)(O)OP(=O)(O)OC[C@H]2O[C@@H](n3ccc(=O)[nH]c3=O)[C@H](O)[C@@H]2O)cc1. The number of aliphatic hydroxyl groups excluding tert-OH is 2. The van der Waals surface area contributed by atoms with Crippen LogP contribution in [0.3, 0.4) is 0 Å². The number of nitrogens with zero attached hydrogens (tertiary/aromatic N) is 1. The highest BCUT2D eigenvalue weighted by Gasteiger charge is 2.46. The van der Waals surface area contributed by atoms with Crippen LogP contribution in [-0.4, -0.2) is 61.6 Å². The van der Waals surface area contributed by atoms with E-state index in [-0.39, 0.29) is 5.75 Å². The predicted molar refractivity (Wildman–Crippen MR) is 108 cm³/mol. The molecule has 2 unspecified atom stereocenters. The molecule has 0 aliphatic carbocycles. The minimum Gasteiger partial charge on any atom is -0.497 e. The first-order chi connectivity index (χ1) is 15.4. The smallest absolute Gasteiger partial charge is 0.497 e. The van der Waals surface area contributed by atoms with Gasteiger partial charge in [-0.2, -0.15) is 4.31 Å². The van der Waals surface area contributed by atoms with E-state index in [0.29, 0.717) is 5.75 Å². The zero-order valence-corrected chi connectivity index (χ0v) is 18.6. The molecule has 1 saturated heterocycles. The quantitative estimate of drug-likeness (QED) is 0.269. The third-order valence-corrected chi connectivity index (χ3v) is 6.92. The summed E-state index contributed by atoms with van der Waals surface area (Å²) in [5.41, 5.74) is -1.64. The van der Waals surface area contributed by atoms with Crippen molar-refractivity contribution in [3.63, 3.8) is 0 Å². The summed E-state index contributed by atoms with van der Waals surface area (Å²) in [6, 6.07) is 6.27. The maximum absolute atomic E-state index is 12.1. The number of hydrogen-bond acceptors (Lipinski definition) is 11. The van der Waals surface area contributed by atoms with Gasteiger partial charge in [-0.15, -0.1) is 0 Å². The van der Waals surface area contributed by atoms with Crippen molar-refractivity contribution in [3.05, 3.63) is 57.4 Å². The minimum atomic E-state index is -5.22. The number of rotatable bonds is 9. The molecule has 1 aromatic heterocycles. The molecule has 0 amide bonds. The molecule has 17 heteroatoms. The van der Waals surface area contributed by atoms with E-state index in [1.165, 1.54) is 31.4 Å². The molecule has 15 nitrogen and oxygen atoms in total. The Bertz CT molecular complexity index is 1180. The lowest BCUT2D eigenvalue weighted by Gasteiger charge is -2.19. The monoisotopic (exact) mass is 510 g/mol. The Kier molecular flexibility index (Phi) is 7.59. The summed E-state index contributed by atoms with van der Waals surface area (Å²) in [5.74, 6) is 0.250. The topological polar surface area (TPSA) is 216 Å². The lowest BCUT2D eigenvalue weighted by atomic mass is 10.1. The second-order valence-corrected chi connectivity index (χ2v) is 9.61. The lowest BCUT2D eigenvalue weighted by molar-refractivity contribution is -0.0542. The normalized spacial score (nSPS) is 26.3. The molecule has 1 fully saturated rings. The first-order valence-corrected chi connectivity index (χ1v) is 12.1. The second kappa shape index (κ2) is 9.89. The van der Waals surface area contributed by atoms with Gasteiger partial charge in [0.2, 0.25) is 0 Å². The molecule has 0 spiro atoms. The summed E-state index contributed by atoms with van der Waals surface area (Å²) in [5, 5.41) is 20.2. The Balaban J connectivity index is 1.61. The zero-order chi connectivity index (χ0) is 24.4. The molecule has 6 atom stereocenters.